The van der Waals surface area contributed by atoms with Crippen molar-refractivity contribution < 1.29 is 14.7 Å². The second-order valence-electron chi connectivity index (χ2n) is 3.12. The molecule has 2 heterocycles. The molecule has 2 rings (SSSR count). The third kappa shape index (κ3) is 1.62. The molecule has 2 aliphatic heterocycles. The maximum absolute atomic E-state index is 11.1. The summed E-state index contributed by atoms with van der Waals surface area (Å²) in [5.41, 5.74) is 0.146. The van der Waals surface area contributed by atoms with Crippen LogP contribution >= 0.6 is 24.2 Å². The molecule has 1 unspecified atom stereocenters. The van der Waals surface area contributed by atoms with Crippen molar-refractivity contribution in [1.29, 1.82) is 0 Å². The van der Waals surface area contributed by atoms with Crippen LogP contribution in [-0.2, 0) is 9.59 Å². The van der Waals surface area contributed by atoms with Gasteiger partial charge >= 0.3 is 5.97 Å². The molecule has 0 spiro atoms. The lowest BCUT2D eigenvalue weighted by Gasteiger charge is -2.43. The number of carboxylic acid groups (broad SMARTS) is 1. The van der Waals surface area contributed by atoms with E-state index in [0.29, 0.717) is 6.42 Å². The highest BCUT2D eigenvalue weighted by molar-refractivity contribution is 8.00. The van der Waals surface area contributed by atoms with E-state index in [1.807, 2.05) is 6.92 Å². The Morgan fingerprint density at radius 1 is 1.71 bits per heavy atom. The van der Waals surface area contributed by atoms with Gasteiger partial charge in [-0.1, -0.05) is 0 Å². The maximum atomic E-state index is 11.1. The molecule has 1 amide bonds. The molecule has 14 heavy (non-hydrogen) atoms. The van der Waals surface area contributed by atoms with Gasteiger partial charge in [0.1, 0.15) is 5.70 Å². The van der Waals surface area contributed by atoms with Gasteiger partial charge in [-0.15, -0.1) is 24.2 Å². The van der Waals surface area contributed by atoms with Crippen LogP contribution in [0.2, 0.25) is 0 Å². The fourth-order valence-corrected chi connectivity index (χ4v) is 2.84. The number of amides is 1. The Bertz CT molecular complexity index is 318. The monoisotopic (exact) mass is 235 g/mol. The molecule has 0 aliphatic carbocycles. The van der Waals surface area contributed by atoms with E-state index in [0.717, 1.165) is 0 Å². The Morgan fingerprint density at radius 3 is 2.86 bits per heavy atom. The predicted octanol–water partition coefficient (Wildman–Crippen LogP) is 1.07. The largest absolute Gasteiger partial charge is 0.477 e. The minimum absolute atomic E-state index is 0. The molecular weight excluding hydrogens is 226 g/mol. The number of halogens is 1. The lowest BCUT2D eigenvalue weighted by Crippen LogP contribution is -2.53. The highest BCUT2D eigenvalue weighted by Crippen LogP contribution is 2.40. The molecule has 1 fully saturated rings. The summed E-state index contributed by atoms with van der Waals surface area (Å²) in [7, 11) is 0. The van der Waals surface area contributed by atoms with Crippen LogP contribution in [0.5, 0.6) is 0 Å². The fraction of sp³-hybridized carbons (Fsp3) is 0.500. The Balaban J connectivity index is 0.000000980. The highest BCUT2D eigenvalue weighted by Gasteiger charge is 2.44. The van der Waals surface area contributed by atoms with Gasteiger partial charge in [0.2, 0.25) is 5.91 Å². The number of rotatable bonds is 1. The lowest BCUT2D eigenvalue weighted by atomic mass is 10.1. The SMILES string of the molecule is CC1C=C(C(=O)O)N2C(=O)C[C@H]2S1.Cl. The van der Waals surface area contributed by atoms with Crippen molar-refractivity contribution in [3.8, 4) is 0 Å². The molecule has 78 valence electrons. The van der Waals surface area contributed by atoms with Crippen molar-refractivity contribution in [3.63, 3.8) is 0 Å². The first-order chi connectivity index (χ1) is 6.09. The van der Waals surface area contributed by atoms with Gasteiger partial charge in [-0.2, -0.15) is 0 Å². The molecule has 6 heteroatoms. The van der Waals surface area contributed by atoms with Crippen molar-refractivity contribution in [2.75, 3.05) is 0 Å². The topological polar surface area (TPSA) is 57.6 Å². The van der Waals surface area contributed by atoms with E-state index in [9.17, 15) is 9.59 Å². The minimum Gasteiger partial charge on any atom is -0.477 e. The third-order valence-corrected chi connectivity index (χ3v) is 3.41. The Labute approximate surface area is 91.7 Å². The zero-order valence-electron chi connectivity index (χ0n) is 7.47. The highest BCUT2D eigenvalue weighted by atomic mass is 35.5. The zero-order valence-corrected chi connectivity index (χ0v) is 9.10. The number of hydrogen-bond donors (Lipinski definition) is 1. The van der Waals surface area contributed by atoms with Gasteiger partial charge < -0.3 is 5.11 Å². The summed E-state index contributed by atoms with van der Waals surface area (Å²) in [6.45, 7) is 1.94. The fourth-order valence-electron chi connectivity index (χ4n) is 1.55. The molecule has 2 atom stereocenters. The van der Waals surface area contributed by atoms with Gasteiger partial charge in [0.15, 0.2) is 0 Å². The van der Waals surface area contributed by atoms with Crippen LogP contribution in [0, 0.1) is 0 Å². The molecule has 0 aromatic heterocycles. The first-order valence-electron chi connectivity index (χ1n) is 4.02. The predicted molar refractivity (Wildman–Crippen MR) is 55.3 cm³/mol. The second kappa shape index (κ2) is 3.82. The molecular formula is C8H10ClNO3S. The minimum atomic E-state index is -1.01. The van der Waals surface area contributed by atoms with E-state index >= 15 is 0 Å². The quantitative estimate of drug-likeness (QED) is 0.691. The summed E-state index contributed by atoms with van der Waals surface area (Å²) in [5, 5.41) is 9.06. The average Bonchev–Trinajstić information content (AvgIpc) is 2.01. The molecule has 0 aromatic rings. The van der Waals surface area contributed by atoms with Crippen LogP contribution < -0.4 is 0 Å². The van der Waals surface area contributed by atoms with Gasteiger partial charge in [-0.05, 0) is 13.0 Å². The number of thioether (sulfide) groups is 1. The number of nitrogens with zero attached hydrogens (tertiary/aromatic N) is 1. The first-order valence-corrected chi connectivity index (χ1v) is 4.96. The maximum Gasteiger partial charge on any atom is 0.352 e. The van der Waals surface area contributed by atoms with E-state index < -0.39 is 5.97 Å². The van der Waals surface area contributed by atoms with Gasteiger partial charge in [-0.25, -0.2) is 4.79 Å². The number of carbonyl (C=O) groups excluding carboxylic acids is 1. The smallest absolute Gasteiger partial charge is 0.352 e. The van der Waals surface area contributed by atoms with E-state index in [1.54, 1.807) is 17.8 Å². The second-order valence-corrected chi connectivity index (χ2v) is 4.68. The molecule has 0 radical (unpaired) electrons. The number of fused-ring (bicyclic) bond motifs is 1. The number of carboxylic acids is 1. The number of hydrogen-bond acceptors (Lipinski definition) is 3. The number of aliphatic carboxylic acids is 1. The Kier molecular flexibility index (Phi) is 3.11. The van der Waals surface area contributed by atoms with Crippen LogP contribution in [-0.4, -0.2) is 32.5 Å². The van der Waals surface area contributed by atoms with Crippen molar-refractivity contribution in [3.05, 3.63) is 11.8 Å². The van der Waals surface area contributed by atoms with Crippen molar-refractivity contribution >= 4 is 36.0 Å². The Morgan fingerprint density at radius 2 is 2.36 bits per heavy atom. The van der Waals surface area contributed by atoms with Crippen LogP contribution in [0.15, 0.2) is 11.8 Å². The molecule has 2 aliphatic rings. The van der Waals surface area contributed by atoms with Gasteiger partial charge in [0.25, 0.3) is 0 Å². The van der Waals surface area contributed by atoms with E-state index in [2.05, 4.69) is 0 Å². The van der Waals surface area contributed by atoms with E-state index in [1.165, 1.54) is 4.90 Å². The molecule has 0 aromatic carbocycles. The van der Waals surface area contributed by atoms with E-state index in [4.69, 9.17) is 5.11 Å². The van der Waals surface area contributed by atoms with Gasteiger partial charge in [0.05, 0.1) is 11.8 Å². The van der Waals surface area contributed by atoms with Gasteiger partial charge in [0, 0.05) is 5.25 Å². The summed E-state index contributed by atoms with van der Waals surface area (Å²) in [6.07, 6.45) is 2.10. The summed E-state index contributed by atoms with van der Waals surface area (Å²) in [5.74, 6) is -1.09. The van der Waals surface area contributed by atoms with Crippen molar-refractivity contribution in [2.24, 2.45) is 0 Å². The summed E-state index contributed by atoms with van der Waals surface area (Å²) in [6, 6.07) is 0. The molecule has 1 saturated heterocycles. The average molecular weight is 236 g/mol. The molecule has 4 nitrogen and oxygen atoms in total. The lowest BCUT2D eigenvalue weighted by molar-refractivity contribution is -0.146. The molecule has 1 N–H and O–H groups in total. The van der Waals surface area contributed by atoms with Gasteiger partial charge in [-0.3, -0.25) is 9.69 Å². The summed E-state index contributed by atoms with van der Waals surface area (Å²) < 4.78 is 0. The Hall–Kier alpha value is -0.680. The third-order valence-electron chi connectivity index (χ3n) is 2.15. The van der Waals surface area contributed by atoms with Crippen LogP contribution in [0.3, 0.4) is 0 Å². The molecule has 0 bridgehead atoms. The normalized spacial score (nSPS) is 29.6. The number of β-lactam (4-membered cyclic amide) rings is 1. The first kappa shape index (κ1) is 11.4. The van der Waals surface area contributed by atoms with Crippen LogP contribution in [0.25, 0.3) is 0 Å². The summed E-state index contributed by atoms with van der Waals surface area (Å²) in [4.78, 5) is 23.2. The van der Waals surface area contributed by atoms with Crippen molar-refractivity contribution in [2.45, 2.75) is 24.0 Å². The van der Waals surface area contributed by atoms with Crippen molar-refractivity contribution in [1.82, 2.24) is 4.90 Å². The summed E-state index contributed by atoms with van der Waals surface area (Å²) >= 11 is 1.63. The number of carbonyl (C=O) groups is 2. The zero-order chi connectivity index (χ0) is 9.59. The van der Waals surface area contributed by atoms with E-state index in [-0.39, 0.29) is 34.6 Å². The van der Waals surface area contributed by atoms with Crippen LogP contribution in [0.4, 0.5) is 0 Å². The standard InChI is InChI=1S/C8H9NO3S.ClH/c1-4-2-5(8(11)12)9-6(10)3-7(9)13-4;/h2,4,7H,3H2,1H3,(H,11,12);1H/t4?,7-;/m1./s1. The molecule has 0 saturated carbocycles. The van der Waals surface area contributed by atoms with Crippen LogP contribution in [0.1, 0.15) is 13.3 Å².